The number of halogens is 2. The van der Waals surface area contributed by atoms with Crippen LogP contribution >= 0.6 is 23.2 Å². The number of amides is 1. The van der Waals surface area contributed by atoms with Crippen molar-refractivity contribution in [3.05, 3.63) is 98.8 Å². The van der Waals surface area contributed by atoms with E-state index in [2.05, 4.69) is 16.8 Å². The number of likely N-dealkylation sites (N-methyl/N-ethyl adjacent to an activating group) is 1. The molecule has 0 bridgehead atoms. The van der Waals surface area contributed by atoms with Crippen molar-refractivity contribution in [3.8, 4) is 11.8 Å². The predicted octanol–water partition coefficient (Wildman–Crippen LogP) is 5.23. The fourth-order valence-electron chi connectivity index (χ4n) is 3.27. The standard InChI is InChI=1S/C25H16Cl2N2O2/c1-29-23-8-6-17(4-2-3-16-9-11-28-12-10-16)13-19(23)24(30)20(25(29)31)14-18-5-7-21(26)22(27)15-18/h5-15H,3H2,1H3. The van der Waals surface area contributed by atoms with Crippen LogP contribution in [0.2, 0.25) is 10.0 Å². The third-order valence-corrected chi connectivity index (χ3v) is 5.65. The summed E-state index contributed by atoms with van der Waals surface area (Å²) in [6, 6.07) is 14.1. The first kappa shape index (κ1) is 20.9. The molecule has 2 heterocycles. The Hall–Kier alpha value is -3.39. The van der Waals surface area contributed by atoms with Gasteiger partial charge in [-0.25, -0.2) is 0 Å². The summed E-state index contributed by atoms with van der Waals surface area (Å²) in [4.78, 5) is 31.4. The van der Waals surface area contributed by atoms with Crippen molar-refractivity contribution in [2.45, 2.75) is 6.42 Å². The Bertz CT molecular complexity index is 1290. The number of pyridine rings is 1. The van der Waals surface area contributed by atoms with Crippen LogP contribution in [-0.4, -0.2) is 23.7 Å². The van der Waals surface area contributed by atoms with Crippen LogP contribution in [0, 0.1) is 11.8 Å². The van der Waals surface area contributed by atoms with Gasteiger partial charge >= 0.3 is 0 Å². The average Bonchev–Trinajstić information content (AvgIpc) is 2.78. The molecule has 3 aromatic rings. The van der Waals surface area contributed by atoms with Crippen LogP contribution in [0.15, 0.2) is 66.5 Å². The van der Waals surface area contributed by atoms with E-state index in [9.17, 15) is 9.59 Å². The Balaban J connectivity index is 1.67. The van der Waals surface area contributed by atoms with Gasteiger partial charge in [0.05, 0.1) is 21.3 Å². The molecule has 0 saturated carbocycles. The van der Waals surface area contributed by atoms with Crippen molar-refractivity contribution in [2.24, 2.45) is 0 Å². The second-order valence-electron chi connectivity index (χ2n) is 6.99. The smallest absolute Gasteiger partial charge is 0.262 e. The zero-order valence-corrected chi connectivity index (χ0v) is 18.0. The maximum atomic E-state index is 13.1. The van der Waals surface area contributed by atoms with Crippen LogP contribution in [0.5, 0.6) is 0 Å². The lowest BCUT2D eigenvalue weighted by molar-refractivity contribution is -0.114. The first-order chi connectivity index (χ1) is 14.9. The summed E-state index contributed by atoms with van der Waals surface area (Å²) in [7, 11) is 1.64. The van der Waals surface area contributed by atoms with Crippen LogP contribution in [-0.2, 0) is 11.2 Å². The van der Waals surface area contributed by atoms with Gasteiger partial charge < -0.3 is 4.90 Å². The number of hydrogen-bond acceptors (Lipinski definition) is 3. The Labute approximate surface area is 190 Å². The van der Waals surface area contributed by atoms with E-state index in [1.54, 1.807) is 49.8 Å². The summed E-state index contributed by atoms with van der Waals surface area (Å²) >= 11 is 12.0. The topological polar surface area (TPSA) is 50.3 Å². The summed E-state index contributed by atoms with van der Waals surface area (Å²) in [6.07, 6.45) is 5.56. The number of carbonyl (C=O) groups excluding carboxylic acids is 2. The first-order valence-electron chi connectivity index (χ1n) is 9.45. The lowest BCUT2D eigenvalue weighted by atomic mass is 9.92. The van der Waals surface area contributed by atoms with Crippen molar-refractivity contribution < 1.29 is 9.59 Å². The monoisotopic (exact) mass is 446 g/mol. The Morgan fingerprint density at radius 3 is 2.52 bits per heavy atom. The molecule has 1 amide bonds. The van der Waals surface area contributed by atoms with E-state index in [4.69, 9.17) is 23.2 Å². The van der Waals surface area contributed by atoms with Crippen LogP contribution in [0.25, 0.3) is 6.08 Å². The van der Waals surface area contributed by atoms with E-state index in [1.165, 1.54) is 11.0 Å². The number of rotatable bonds is 2. The number of anilines is 1. The van der Waals surface area contributed by atoms with Gasteiger partial charge in [0.15, 0.2) is 0 Å². The fourth-order valence-corrected chi connectivity index (χ4v) is 3.57. The molecular weight excluding hydrogens is 431 g/mol. The fraction of sp³-hybridized carbons (Fsp3) is 0.0800. The molecule has 0 saturated heterocycles. The van der Waals surface area contributed by atoms with Gasteiger partial charge in [-0.1, -0.05) is 41.1 Å². The molecule has 4 nitrogen and oxygen atoms in total. The molecule has 4 rings (SSSR count). The van der Waals surface area contributed by atoms with Crippen molar-refractivity contribution in [1.82, 2.24) is 4.98 Å². The Morgan fingerprint density at radius 1 is 1.00 bits per heavy atom. The van der Waals surface area contributed by atoms with E-state index in [0.29, 0.717) is 38.8 Å². The van der Waals surface area contributed by atoms with Gasteiger partial charge in [0.2, 0.25) is 5.78 Å². The number of ketones is 1. The summed E-state index contributed by atoms with van der Waals surface area (Å²) in [5.74, 6) is 5.48. The van der Waals surface area contributed by atoms with Crippen molar-refractivity contribution >= 4 is 46.7 Å². The zero-order valence-electron chi connectivity index (χ0n) is 16.5. The van der Waals surface area contributed by atoms with E-state index < -0.39 is 0 Å². The van der Waals surface area contributed by atoms with Crippen LogP contribution in [0.3, 0.4) is 0 Å². The molecule has 0 radical (unpaired) electrons. The number of benzene rings is 2. The lowest BCUT2D eigenvalue weighted by Gasteiger charge is -2.26. The van der Waals surface area contributed by atoms with Crippen LogP contribution < -0.4 is 4.90 Å². The minimum atomic E-state index is -0.375. The highest BCUT2D eigenvalue weighted by Gasteiger charge is 2.32. The number of nitrogens with zero attached hydrogens (tertiary/aromatic N) is 2. The molecule has 1 aliphatic heterocycles. The minimum absolute atomic E-state index is 0.0651. The number of hydrogen-bond donors (Lipinski definition) is 0. The van der Waals surface area contributed by atoms with Crippen molar-refractivity contribution in [1.29, 1.82) is 0 Å². The quantitative estimate of drug-likeness (QED) is 0.307. The van der Waals surface area contributed by atoms with Crippen molar-refractivity contribution in [2.75, 3.05) is 11.9 Å². The molecule has 31 heavy (non-hydrogen) atoms. The summed E-state index contributed by atoms with van der Waals surface area (Å²) < 4.78 is 0. The summed E-state index contributed by atoms with van der Waals surface area (Å²) in [5.41, 5.74) is 3.45. The molecule has 0 unspecified atom stereocenters. The predicted molar refractivity (Wildman–Crippen MR) is 123 cm³/mol. The molecule has 2 aromatic carbocycles. The molecule has 6 heteroatoms. The molecular formula is C25H16Cl2N2O2. The third kappa shape index (κ3) is 4.39. The van der Waals surface area contributed by atoms with Crippen molar-refractivity contribution in [3.63, 3.8) is 0 Å². The van der Waals surface area contributed by atoms with Gasteiger partial charge in [-0.05, 0) is 59.7 Å². The molecule has 0 aliphatic carbocycles. The van der Waals surface area contributed by atoms with Gasteiger partial charge in [-0.2, -0.15) is 0 Å². The van der Waals surface area contributed by atoms with E-state index in [-0.39, 0.29) is 17.3 Å². The molecule has 0 N–H and O–H groups in total. The zero-order chi connectivity index (χ0) is 22.0. The third-order valence-electron chi connectivity index (χ3n) is 4.91. The Morgan fingerprint density at radius 2 is 1.77 bits per heavy atom. The SMILES string of the molecule is CN1C(=O)C(=Cc2ccc(Cl)c(Cl)c2)C(=O)c2cc(C#CCc3ccncc3)ccc21. The normalized spacial score (nSPS) is 14.3. The second kappa shape index (κ2) is 8.77. The van der Waals surface area contributed by atoms with E-state index in [1.807, 2.05) is 18.2 Å². The van der Waals surface area contributed by atoms with Gasteiger partial charge in [-0.15, -0.1) is 0 Å². The van der Waals surface area contributed by atoms with Gasteiger partial charge in [0.1, 0.15) is 0 Å². The largest absolute Gasteiger partial charge is 0.311 e. The highest BCUT2D eigenvalue weighted by molar-refractivity contribution is 6.42. The van der Waals surface area contributed by atoms with Gasteiger partial charge in [-0.3, -0.25) is 14.6 Å². The molecule has 0 spiro atoms. The molecule has 1 aliphatic rings. The number of fused-ring (bicyclic) bond motifs is 1. The minimum Gasteiger partial charge on any atom is -0.311 e. The molecule has 152 valence electrons. The van der Waals surface area contributed by atoms with Crippen LogP contribution in [0.1, 0.15) is 27.0 Å². The molecule has 0 atom stereocenters. The average molecular weight is 447 g/mol. The number of carbonyl (C=O) groups is 2. The summed E-state index contributed by atoms with van der Waals surface area (Å²) in [5, 5.41) is 0.759. The van der Waals surface area contributed by atoms with E-state index >= 15 is 0 Å². The highest BCUT2D eigenvalue weighted by atomic mass is 35.5. The van der Waals surface area contributed by atoms with Gasteiger partial charge in [0, 0.05) is 37.0 Å². The van der Waals surface area contributed by atoms with Gasteiger partial charge in [0.25, 0.3) is 5.91 Å². The maximum Gasteiger partial charge on any atom is 0.262 e. The highest BCUT2D eigenvalue weighted by Crippen LogP contribution is 2.32. The van der Waals surface area contributed by atoms with E-state index in [0.717, 1.165) is 5.56 Å². The lowest BCUT2D eigenvalue weighted by Crippen LogP contribution is -2.36. The Kier molecular flexibility index (Phi) is 5.90. The second-order valence-corrected chi connectivity index (χ2v) is 7.81. The molecule has 0 fully saturated rings. The first-order valence-corrected chi connectivity index (χ1v) is 10.2. The summed E-state index contributed by atoms with van der Waals surface area (Å²) in [6.45, 7) is 0. The number of Topliss-reactive ketones (excluding diaryl/α,β-unsaturated/α-hetero) is 1. The number of aromatic nitrogens is 1. The maximum absolute atomic E-state index is 13.1. The molecule has 1 aromatic heterocycles. The van der Waals surface area contributed by atoms with Crippen LogP contribution in [0.4, 0.5) is 5.69 Å².